The van der Waals surface area contributed by atoms with Crippen molar-refractivity contribution in [3.8, 4) is 0 Å². The number of nitrogens with one attached hydrogen (secondary N) is 2. The lowest BCUT2D eigenvalue weighted by molar-refractivity contribution is -0.116. The van der Waals surface area contributed by atoms with Gasteiger partial charge in [0, 0.05) is 16.9 Å². The average Bonchev–Trinajstić information content (AvgIpc) is 2.84. The summed E-state index contributed by atoms with van der Waals surface area (Å²) in [5, 5.41) is 6.41. The standard InChI is InChI=1S/C18H18N2O/c21-18-17(14-9-3-4-10-16(14)20-18)19-15-11-5-7-12-6-1-2-8-13(12)15/h3-5,7,9-11,17,19H,1-2,6,8H2,(H,20,21). The van der Waals surface area contributed by atoms with Crippen molar-refractivity contribution in [3.63, 3.8) is 0 Å². The molecular formula is C18H18N2O. The number of hydrogen-bond donors (Lipinski definition) is 2. The molecule has 3 heteroatoms. The molecule has 0 bridgehead atoms. The quantitative estimate of drug-likeness (QED) is 0.880. The van der Waals surface area contributed by atoms with Crippen LogP contribution in [0.5, 0.6) is 0 Å². The molecule has 0 aromatic heterocycles. The number of amides is 1. The van der Waals surface area contributed by atoms with E-state index in [1.54, 1.807) is 0 Å². The molecule has 2 aliphatic rings. The fourth-order valence-electron chi connectivity index (χ4n) is 3.42. The molecule has 1 aliphatic carbocycles. The summed E-state index contributed by atoms with van der Waals surface area (Å²) in [6, 6.07) is 14.0. The van der Waals surface area contributed by atoms with Crippen molar-refractivity contribution in [1.82, 2.24) is 0 Å². The van der Waals surface area contributed by atoms with E-state index in [-0.39, 0.29) is 11.9 Å². The average molecular weight is 278 g/mol. The first-order valence-electron chi connectivity index (χ1n) is 7.60. The highest BCUT2D eigenvalue weighted by Crippen LogP contribution is 2.35. The lowest BCUT2D eigenvalue weighted by atomic mass is 9.90. The van der Waals surface area contributed by atoms with E-state index >= 15 is 0 Å². The summed E-state index contributed by atoms with van der Waals surface area (Å²) in [6.07, 6.45) is 4.76. The van der Waals surface area contributed by atoms with Gasteiger partial charge in [-0.25, -0.2) is 0 Å². The third-order valence-electron chi connectivity index (χ3n) is 4.49. The Morgan fingerprint density at radius 2 is 1.86 bits per heavy atom. The molecule has 2 N–H and O–H groups in total. The zero-order valence-electron chi connectivity index (χ0n) is 11.9. The molecule has 1 amide bonds. The van der Waals surface area contributed by atoms with Crippen molar-refractivity contribution in [3.05, 3.63) is 59.2 Å². The van der Waals surface area contributed by atoms with Gasteiger partial charge in [0.1, 0.15) is 6.04 Å². The highest BCUT2D eigenvalue weighted by atomic mass is 16.2. The van der Waals surface area contributed by atoms with Crippen molar-refractivity contribution in [1.29, 1.82) is 0 Å². The summed E-state index contributed by atoms with van der Waals surface area (Å²) in [5.41, 5.74) is 5.89. The van der Waals surface area contributed by atoms with Gasteiger partial charge in [0.05, 0.1) is 0 Å². The van der Waals surface area contributed by atoms with Crippen LogP contribution in [-0.4, -0.2) is 5.91 Å². The predicted octanol–water partition coefficient (Wildman–Crippen LogP) is 3.67. The topological polar surface area (TPSA) is 41.1 Å². The Kier molecular flexibility index (Phi) is 2.92. The fourth-order valence-corrected chi connectivity index (χ4v) is 3.42. The summed E-state index contributed by atoms with van der Waals surface area (Å²) in [4.78, 5) is 12.2. The molecule has 4 rings (SSSR count). The van der Waals surface area contributed by atoms with Gasteiger partial charge >= 0.3 is 0 Å². The third-order valence-corrected chi connectivity index (χ3v) is 4.49. The highest BCUT2D eigenvalue weighted by molar-refractivity contribution is 6.04. The molecule has 0 saturated carbocycles. The first kappa shape index (κ1) is 12.5. The van der Waals surface area contributed by atoms with Gasteiger partial charge in [0.25, 0.3) is 5.91 Å². The first-order chi connectivity index (χ1) is 10.3. The number of aryl methyl sites for hydroxylation is 1. The number of carbonyl (C=O) groups excluding carboxylic acids is 1. The molecule has 0 spiro atoms. The third kappa shape index (κ3) is 2.09. The van der Waals surface area contributed by atoms with Crippen molar-refractivity contribution in [2.75, 3.05) is 10.6 Å². The largest absolute Gasteiger partial charge is 0.370 e. The van der Waals surface area contributed by atoms with Gasteiger partial charge in [-0.05, 0) is 48.9 Å². The van der Waals surface area contributed by atoms with E-state index in [1.807, 2.05) is 24.3 Å². The summed E-state index contributed by atoms with van der Waals surface area (Å²) < 4.78 is 0. The van der Waals surface area contributed by atoms with Crippen molar-refractivity contribution < 1.29 is 4.79 Å². The van der Waals surface area contributed by atoms with Gasteiger partial charge in [0.2, 0.25) is 0 Å². The molecule has 0 radical (unpaired) electrons. The number of anilines is 2. The maximum absolute atomic E-state index is 12.2. The number of rotatable bonds is 2. The van der Waals surface area contributed by atoms with E-state index < -0.39 is 0 Å². The Labute approximate surface area is 124 Å². The SMILES string of the molecule is O=C1Nc2ccccc2C1Nc1cccc2c1CCCC2. The molecule has 1 unspecified atom stereocenters. The monoisotopic (exact) mass is 278 g/mol. The second kappa shape index (κ2) is 4.92. The minimum Gasteiger partial charge on any atom is -0.370 e. The van der Waals surface area contributed by atoms with Gasteiger partial charge in [-0.2, -0.15) is 0 Å². The lowest BCUT2D eigenvalue weighted by Gasteiger charge is -2.22. The van der Waals surface area contributed by atoms with E-state index in [1.165, 1.54) is 24.0 Å². The van der Waals surface area contributed by atoms with Crippen LogP contribution in [0.4, 0.5) is 11.4 Å². The molecule has 2 aromatic rings. The molecule has 0 fully saturated rings. The Bertz CT molecular complexity index is 708. The molecule has 21 heavy (non-hydrogen) atoms. The number of hydrogen-bond acceptors (Lipinski definition) is 2. The molecule has 106 valence electrons. The molecule has 1 aliphatic heterocycles. The molecule has 1 heterocycles. The maximum atomic E-state index is 12.2. The van der Waals surface area contributed by atoms with Crippen LogP contribution >= 0.6 is 0 Å². The zero-order chi connectivity index (χ0) is 14.2. The van der Waals surface area contributed by atoms with Crippen molar-refractivity contribution in [2.24, 2.45) is 0 Å². The van der Waals surface area contributed by atoms with Gasteiger partial charge in [0.15, 0.2) is 0 Å². The van der Waals surface area contributed by atoms with Crippen LogP contribution in [0.15, 0.2) is 42.5 Å². The van der Waals surface area contributed by atoms with Crippen molar-refractivity contribution >= 4 is 17.3 Å². The fraction of sp³-hybridized carbons (Fsp3) is 0.278. The maximum Gasteiger partial charge on any atom is 0.251 e. The summed E-state index contributed by atoms with van der Waals surface area (Å²) >= 11 is 0. The Hall–Kier alpha value is -2.29. The molecule has 2 aromatic carbocycles. The Morgan fingerprint density at radius 1 is 1.00 bits per heavy atom. The van der Waals surface area contributed by atoms with Crippen LogP contribution in [0, 0.1) is 0 Å². The van der Waals surface area contributed by atoms with Crippen LogP contribution < -0.4 is 10.6 Å². The van der Waals surface area contributed by atoms with Crippen LogP contribution in [0.2, 0.25) is 0 Å². The Morgan fingerprint density at radius 3 is 2.81 bits per heavy atom. The van der Waals surface area contributed by atoms with E-state index in [0.717, 1.165) is 29.8 Å². The van der Waals surface area contributed by atoms with E-state index in [0.29, 0.717) is 0 Å². The van der Waals surface area contributed by atoms with E-state index in [2.05, 4.69) is 28.8 Å². The van der Waals surface area contributed by atoms with Gasteiger partial charge in [-0.15, -0.1) is 0 Å². The van der Waals surface area contributed by atoms with Gasteiger partial charge in [-0.3, -0.25) is 4.79 Å². The molecule has 0 saturated heterocycles. The molecular weight excluding hydrogens is 260 g/mol. The van der Waals surface area contributed by atoms with Crippen LogP contribution in [-0.2, 0) is 17.6 Å². The van der Waals surface area contributed by atoms with Gasteiger partial charge in [-0.1, -0.05) is 30.3 Å². The minimum atomic E-state index is -0.283. The second-order valence-electron chi connectivity index (χ2n) is 5.80. The first-order valence-corrected chi connectivity index (χ1v) is 7.60. The smallest absolute Gasteiger partial charge is 0.251 e. The van der Waals surface area contributed by atoms with Crippen LogP contribution in [0.3, 0.4) is 0 Å². The van der Waals surface area contributed by atoms with E-state index in [4.69, 9.17) is 0 Å². The number of carbonyl (C=O) groups is 1. The minimum absolute atomic E-state index is 0.0320. The van der Waals surface area contributed by atoms with Crippen LogP contribution in [0.1, 0.15) is 35.6 Å². The summed E-state index contributed by atoms with van der Waals surface area (Å²) in [6.45, 7) is 0. The second-order valence-corrected chi connectivity index (χ2v) is 5.80. The number of fused-ring (bicyclic) bond motifs is 2. The van der Waals surface area contributed by atoms with E-state index in [9.17, 15) is 4.79 Å². The summed E-state index contributed by atoms with van der Waals surface area (Å²) in [5.74, 6) is 0.0320. The predicted molar refractivity (Wildman–Crippen MR) is 84.5 cm³/mol. The lowest BCUT2D eigenvalue weighted by Crippen LogP contribution is -2.21. The number of para-hydroxylation sites is 1. The normalized spacial score (nSPS) is 19.6. The number of benzene rings is 2. The molecule has 1 atom stereocenters. The van der Waals surface area contributed by atoms with Gasteiger partial charge < -0.3 is 10.6 Å². The highest BCUT2D eigenvalue weighted by Gasteiger charge is 2.30. The zero-order valence-corrected chi connectivity index (χ0v) is 11.9. The van der Waals surface area contributed by atoms with Crippen LogP contribution in [0.25, 0.3) is 0 Å². The Balaban J connectivity index is 1.69. The summed E-state index contributed by atoms with van der Waals surface area (Å²) in [7, 11) is 0. The van der Waals surface area contributed by atoms with Crippen molar-refractivity contribution in [2.45, 2.75) is 31.7 Å². The molecule has 3 nitrogen and oxygen atoms in total.